The quantitative estimate of drug-likeness (QED) is 0.787. The normalized spacial score (nSPS) is 11.6. The van der Waals surface area contributed by atoms with Crippen LogP contribution in [0.15, 0.2) is 34.9 Å². The van der Waals surface area contributed by atoms with E-state index in [9.17, 15) is 4.57 Å². The summed E-state index contributed by atoms with van der Waals surface area (Å²) in [5.74, 6) is 0.260. The third-order valence-corrected chi connectivity index (χ3v) is 2.53. The van der Waals surface area contributed by atoms with E-state index in [0.29, 0.717) is 5.56 Å². The summed E-state index contributed by atoms with van der Waals surface area (Å²) >= 11 is 0. The van der Waals surface area contributed by atoms with E-state index in [1.54, 1.807) is 12.1 Å². The molecule has 0 aliphatic carbocycles. The Hall–Kier alpha value is -1.49. The maximum atomic E-state index is 10.7. The predicted octanol–water partition coefficient (Wildman–Crippen LogP) is 1.41. The highest BCUT2D eigenvalue weighted by molar-refractivity contribution is 7.50. The number of hydrogen-bond acceptors (Lipinski definition) is 4. The molecular weight excluding hydrogens is 231 g/mol. The molecule has 0 aliphatic rings. The molecule has 1 heterocycles. The molecule has 0 fully saturated rings. The molecule has 2 N–H and O–H groups in total. The second-order valence-electron chi connectivity index (χ2n) is 3.20. The summed E-state index contributed by atoms with van der Waals surface area (Å²) in [6.07, 6.45) is -0.511. The topological polar surface area (TPSA) is 96.5 Å². The molecule has 0 saturated heterocycles. The van der Waals surface area contributed by atoms with Crippen LogP contribution in [0.3, 0.4) is 0 Å². The number of rotatable bonds is 3. The highest BCUT2D eigenvalue weighted by atomic mass is 31.2. The van der Waals surface area contributed by atoms with Crippen LogP contribution in [0.4, 0.5) is 0 Å². The fourth-order valence-corrected chi connectivity index (χ4v) is 1.70. The summed E-state index contributed by atoms with van der Waals surface area (Å²) in [4.78, 5) is 21.4. The average molecular weight is 240 g/mol. The first-order valence-electron chi connectivity index (χ1n) is 4.47. The molecule has 0 unspecified atom stereocenters. The number of nitrogens with zero attached hydrogens (tertiary/aromatic N) is 2. The van der Waals surface area contributed by atoms with Crippen LogP contribution in [-0.2, 0) is 10.7 Å². The van der Waals surface area contributed by atoms with E-state index in [0.717, 1.165) is 0 Å². The van der Waals surface area contributed by atoms with Gasteiger partial charge in [-0.05, 0) is 12.1 Å². The van der Waals surface area contributed by atoms with Crippen molar-refractivity contribution < 1.29 is 18.9 Å². The van der Waals surface area contributed by atoms with Crippen LogP contribution in [0.25, 0.3) is 11.5 Å². The fraction of sp³-hybridized carbons (Fsp3) is 0.111. The van der Waals surface area contributed by atoms with E-state index in [1.165, 1.54) is 0 Å². The van der Waals surface area contributed by atoms with Gasteiger partial charge in [-0.2, -0.15) is 4.98 Å². The summed E-state index contributed by atoms with van der Waals surface area (Å²) in [5.41, 5.74) is 0.715. The lowest BCUT2D eigenvalue weighted by Crippen LogP contribution is -1.89. The van der Waals surface area contributed by atoms with Gasteiger partial charge in [0, 0.05) is 5.56 Å². The molecule has 0 spiro atoms. The molecule has 0 aliphatic heterocycles. The van der Waals surface area contributed by atoms with Gasteiger partial charge in [0.1, 0.15) is 6.16 Å². The Balaban J connectivity index is 2.24. The monoisotopic (exact) mass is 240 g/mol. The molecule has 7 heteroatoms. The van der Waals surface area contributed by atoms with Crippen LogP contribution in [0.1, 0.15) is 5.82 Å². The van der Waals surface area contributed by atoms with Gasteiger partial charge in [-0.1, -0.05) is 23.4 Å². The van der Waals surface area contributed by atoms with Crippen LogP contribution in [0, 0.1) is 0 Å². The van der Waals surface area contributed by atoms with Crippen molar-refractivity contribution >= 4 is 7.60 Å². The molecular formula is C9H9N2O4P. The van der Waals surface area contributed by atoms with Crippen LogP contribution in [0.2, 0.25) is 0 Å². The van der Waals surface area contributed by atoms with Crippen LogP contribution < -0.4 is 0 Å². The van der Waals surface area contributed by atoms with E-state index < -0.39 is 13.8 Å². The van der Waals surface area contributed by atoms with Crippen molar-refractivity contribution in [2.75, 3.05) is 0 Å². The summed E-state index contributed by atoms with van der Waals surface area (Å²) in [6.45, 7) is 0. The van der Waals surface area contributed by atoms with Gasteiger partial charge in [-0.25, -0.2) is 0 Å². The number of hydrogen-bond donors (Lipinski definition) is 2. The molecule has 84 valence electrons. The van der Waals surface area contributed by atoms with Crippen molar-refractivity contribution in [3.63, 3.8) is 0 Å². The predicted molar refractivity (Wildman–Crippen MR) is 55.5 cm³/mol. The first kappa shape index (κ1) is 11.0. The van der Waals surface area contributed by atoms with Gasteiger partial charge >= 0.3 is 7.60 Å². The van der Waals surface area contributed by atoms with Crippen molar-refractivity contribution in [3.05, 3.63) is 36.2 Å². The van der Waals surface area contributed by atoms with Crippen LogP contribution in [0.5, 0.6) is 0 Å². The minimum absolute atomic E-state index is 0.00665. The maximum absolute atomic E-state index is 10.7. The standard InChI is InChI=1S/C9H9N2O4P/c12-16(13,14)6-8-10-9(15-11-8)7-4-2-1-3-5-7/h1-5H,6H2,(H2,12,13,14). The van der Waals surface area contributed by atoms with Crippen molar-refractivity contribution in [1.29, 1.82) is 0 Å². The zero-order valence-electron chi connectivity index (χ0n) is 8.15. The Bertz CT molecular complexity index is 519. The number of benzene rings is 1. The van der Waals surface area contributed by atoms with Crippen molar-refractivity contribution in [1.82, 2.24) is 10.1 Å². The van der Waals surface area contributed by atoms with Gasteiger partial charge in [-0.15, -0.1) is 0 Å². The first-order valence-corrected chi connectivity index (χ1v) is 6.27. The van der Waals surface area contributed by atoms with Gasteiger partial charge in [0.15, 0.2) is 5.82 Å². The summed E-state index contributed by atoms with van der Waals surface area (Å²) in [7, 11) is -4.15. The average Bonchev–Trinajstić information content (AvgIpc) is 2.65. The minimum Gasteiger partial charge on any atom is -0.334 e. The Kier molecular flexibility index (Phi) is 2.87. The van der Waals surface area contributed by atoms with E-state index in [2.05, 4.69) is 10.1 Å². The fourth-order valence-electron chi connectivity index (χ4n) is 1.20. The van der Waals surface area contributed by atoms with Crippen molar-refractivity contribution in [2.24, 2.45) is 0 Å². The maximum Gasteiger partial charge on any atom is 0.333 e. The third-order valence-electron chi connectivity index (χ3n) is 1.84. The van der Waals surface area contributed by atoms with Crippen molar-refractivity contribution in [2.45, 2.75) is 6.16 Å². The smallest absolute Gasteiger partial charge is 0.333 e. The van der Waals surface area contributed by atoms with E-state index in [4.69, 9.17) is 14.3 Å². The summed E-state index contributed by atoms with van der Waals surface area (Å²) in [6, 6.07) is 9.00. The molecule has 0 saturated carbocycles. The van der Waals surface area contributed by atoms with Gasteiger partial charge in [-0.3, -0.25) is 4.57 Å². The molecule has 0 radical (unpaired) electrons. The first-order chi connectivity index (χ1) is 7.54. The molecule has 1 aromatic heterocycles. The van der Waals surface area contributed by atoms with Gasteiger partial charge in [0.2, 0.25) is 0 Å². The van der Waals surface area contributed by atoms with Crippen LogP contribution >= 0.6 is 7.60 Å². The molecule has 1 aromatic carbocycles. The van der Waals surface area contributed by atoms with Gasteiger partial charge < -0.3 is 14.3 Å². The van der Waals surface area contributed by atoms with Gasteiger partial charge in [0.05, 0.1) is 0 Å². The van der Waals surface area contributed by atoms with Gasteiger partial charge in [0.25, 0.3) is 5.89 Å². The van der Waals surface area contributed by atoms with E-state index in [1.807, 2.05) is 18.2 Å². The Labute approximate surface area is 91.1 Å². The molecule has 0 amide bonds. The Morgan fingerprint density at radius 2 is 1.94 bits per heavy atom. The lowest BCUT2D eigenvalue weighted by Gasteiger charge is -1.96. The largest absolute Gasteiger partial charge is 0.334 e. The molecule has 0 bridgehead atoms. The molecule has 16 heavy (non-hydrogen) atoms. The highest BCUT2D eigenvalue weighted by Crippen LogP contribution is 2.38. The second-order valence-corrected chi connectivity index (χ2v) is 4.85. The van der Waals surface area contributed by atoms with Crippen LogP contribution in [-0.4, -0.2) is 19.9 Å². The SMILES string of the molecule is O=P(O)(O)Cc1noc(-c2ccccc2)n1. The summed E-state index contributed by atoms with van der Waals surface area (Å²) in [5, 5.41) is 3.50. The second kappa shape index (κ2) is 4.17. The molecule has 0 atom stereocenters. The minimum atomic E-state index is -4.15. The lowest BCUT2D eigenvalue weighted by molar-refractivity contribution is 0.367. The van der Waals surface area contributed by atoms with E-state index in [-0.39, 0.29) is 11.7 Å². The van der Waals surface area contributed by atoms with E-state index >= 15 is 0 Å². The molecule has 6 nitrogen and oxygen atoms in total. The highest BCUT2D eigenvalue weighted by Gasteiger charge is 2.19. The summed E-state index contributed by atoms with van der Waals surface area (Å²) < 4.78 is 15.6. The number of aromatic nitrogens is 2. The van der Waals surface area contributed by atoms with Crippen molar-refractivity contribution in [3.8, 4) is 11.5 Å². The third kappa shape index (κ3) is 2.76. The molecule has 2 rings (SSSR count). The zero-order valence-corrected chi connectivity index (χ0v) is 9.04. The lowest BCUT2D eigenvalue weighted by atomic mass is 10.2. The Morgan fingerprint density at radius 3 is 2.56 bits per heavy atom. The molecule has 2 aromatic rings. The Morgan fingerprint density at radius 1 is 1.25 bits per heavy atom. The zero-order chi connectivity index (χ0) is 11.6.